The Bertz CT molecular complexity index is 460. The molecule has 0 radical (unpaired) electrons. The maximum absolute atomic E-state index is 11.9. The molecule has 1 atom stereocenters. The molecule has 5 nitrogen and oxygen atoms in total. The maximum Gasteiger partial charge on any atom is 0.456 e. The summed E-state index contributed by atoms with van der Waals surface area (Å²) in [5.41, 5.74) is 1.38. The Labute approximate surface area is 99.8 Å². The first-order valence-electron chi connectivity index (χ1n) is 5.31. The van der Waals surface area contributed by atoms with Gasteiger partial charge in [-0.3, -0.25) is 9.36 Å². The lowest BCUT2D eigenvalue weighted by atomic mass is 10.2. The van der Waals surface area contributed by atoms with Gasteiger partial charge in [-0.2, -0.15) is 4.83 Å². The minimum Gasteiger partial charge on any atom is -0.306 e. The van der Waals surface area contributed by atoms with Gasteiger partial charge in [0.15, 0.2) is 0 Å². The van der Waals surface area contributed by atoms with Gasteiger partial charge in [0.1, 0.15) is 0 Å². The van der Waals surface area contributed by atoms with E-state index in [1.54, 1.807) is 13.0 Å². The summed E-state index contributed by atoms with van der Waals surface area (Å²) in [6.07, 6.45) is 1.75. The summed E-state index contributed by atoms with van der Waals surface area (Å²) in [6.45, 7) is 2.07. The molecule has 17 heavy (non-hydrogen) atoms. The zero-order valence-corrected chi connectivity index (χ0v) is 10.3. The topological polar surface area (TPSA) is 59.0 Å². The standard InChI is InChI=1S/C11H14NO4P/c1-2-16-17(13,14)12-11(8-9-15-12)10-6-4-3-5-7-10/h3-8H,2,9H2,1H3,(H,13,14). The average molecular weight is 255 g/mol. The first-order valence-corrected chi connectivity index (χ1v) is 6.84. The van der Waals surface area contributed by atoms with Crippen LogP contribution in [-0.2, 0) is 13.9 Å². The highest BCUT2D eigenvalue weighted by molar-refractivity contribution is 7.50. The van der Waals surface area contributed by atoms with Crippen molar-refractivity contribution in [3.05, 3.63) is 42.0 Å². The predicted molar refractivity (Wildman–Crippen MR) is 63.7 cm³/mol. The fourth-order valence-corrected chi connectivity index (χ4v) is 2.72. The summed E-state index contributed by atoms with van der Waals surface area (Å²) in [5.74, 6) is 0. The van der Waals surface area contributed by atoms with Gasteiger partial charge in [-0.15, -0.1) is 0 Å². The van der Waals surface area contributed by atoms with Crippen molar-refractivity contribution in [2.75, 3.05) is 13.2 Å². The van der Waals surface area contributed by atoms with Crippen molar-refractivity contribution < 1.29 is 18.8 Å². The third kappa shape index (κ3) is 2.58. The molecule has 1 aromatic rings. The molecule has 1 aliphatic rings. The molecule has 0 aliphatic carbocycles. The lowest BCUT2D eigenvalue weighted by molar-refractivity contribution is -0.0317. The van der Waals surface area contributed by atoms with Crippen molar-refractivity contribution in [3.63, 3.8) is 0 Å². The van der Waals surface area contributed by atoms with Crippen LogP contribution in [0, 0.1) is 0 Å². The Kier molecular flexibility index (Phi) is 3.64. The second-order valence-electron chi connectivity index (χ2n) is 3.43. The van der Waals surface area contributed by atoms with Crippen LogP contribution in [0.1, 0.15) is 12.5 Å². The number of benzene rings is 1. The molecule has 0 spiro atoms. The van der Waals surface area contributed by atoms with E-state index < -0.39 is 7.75 Å². The SMILES string of the molecule is CCOP(=O)(O)N1OCC=C1c1ccccc1. The zero-order valence-electron chi connectivity index (χ0n) is 9.44. The fraction of sp³-hybridized carbons (Fsp3) is 0.273. The van der Waals surface area contributed by atoms with Gasteiger partial charge in [-0.25, -0.2) is 4.57 Å². The van der Waals surface area contributed by atoms with Crippen LogP contribution in [-0.4, -0.2) is 22.9 Å². The van der Waals surface area contributed by atoms with E-state index in [9.17, 15) is 9.46 Å². The Morgan fingerprint density at radius 2 is 2.18 bits per heavy atom. The Balaban J connectivity index is 2.27. The molecule has 2 rings (SSSR count). The van der Waals surface area contributed by atoms with E-state index in [4.69, 9.17) is 9.36 Å². The van der Waals surface area contributed by atoms with E-state index in [1.165, 1.54) is 0 Å². The van der Waals surface area contributed by atoms with Crippen LogP contribution in [0.25, 0.3) is 5.70 Å². The Hall–Kier alpha value is -1.13. The van der Waals surface area contributed by atoms with Crippen LogP contribution in [0.4, 0.5) is 0 Å². The molecular formula is C11H14NO4P. The summed E-state index contributed by atoms with van der Waals surface area (Å²) in [6, 6.07) is 9.29. The molecule has 0 aromatic heterocycles. The molecule has 0 saturated carbocycles. The number of hydroxylamine groups is 1. The summed E-state index contributed by atoms with van der Waals surface area (Å²) in [4.78, 5) is 15.8. The molecule has 0 saturated heterocycles. The highest BCUT2D eigenvalue weighted by Gasteiger charge is 2.35. The number of nitrogens with zero attached hydrogens (tertiary/aromatic N) is 1. The molecule has 1 N–H and O–H groups in total. The minimum absolute atomic E-state index is 0.149. The molecular weight excluding hydrogens is 241 g/mol. The van der Waals surface area contributed by atoms with E-state index >= 15 is 0 Å². The first kappa shape index (κ1) is 12.3. The zero-order chi connectivity index (χ0) is 12.3. The number of hydrogen-bond donors (Lipinski definition) is 1. The van der Waals surface area contributed by atoms with Crippen molar-refractivity contribution in [2.45, 2.75) is 6.92 Å². The summed E-state index contributed by atoms with van der Waals surface area (Å²) in [5, 5.41) is 0. The van der Waals surface area contributed by atoms with E-state index in [-0.39, 0.29) is 13.2 Å². The van der Waals surface area contributed by atoms with Crippen LogP contribution < -0.4 is 0 Å². The van der Waals surface area contributed by atoms with E-state index in [2.05, 4.69) is 0 Å². The van der Waals surface area contributed by atoms with Gasteiger partial charge < -0.3 is 4.89 Å². The molecule has 0 fully saturated rings. The van der Waals surface area contributed by atoms with Crippen LogP contribution >= 0.6 is 7.75 Å². The fourth-order valence-electron chi connectivity index (χ4n) is 1.60. The van der Waals surface area contributed by atoms with Crippen molar-refractivity contribution in [1.29, 1.82) is 0 Å². The molecule has 6 heteroatoms. The Morgan fingerprint density at radius 3 is 2.82 bits per heavy atom. The molecule has 0 amide bonds. The van der Waals surface area contributed by atoms with Gasteiger partial charge in [-0.05, 0) is 13.0 Å². The smallest absolute Gasteiger partial charge is 0.306 e. The van der Waals surface area contributed by atoms with Gasteiger partial charge in [-0.1, -0.05) is 30.3 Å². The van der Waals surface area contributed by atoms with Crippen molar-refractivity contribution in [3.8, 4) is 0 Å². The van der Waals surface area contributed by atoms with Crippen LogP contribution in [0.5, 0.6) is 0 Å². The molecule has 1 aromatic carbocycles. The first-order chi connectivity index (χ1) is 8.15. The third-order valence-electron chi connectivity index (χ3n) is 2.28. The molecule has 1 heterocycles. The Morgan fingerprint density at radius 1 is 1.47 bits per heavy atom. The van der Waals surface area contributed by atoms with E-state index in [1.807, 2.05) is 30.3 Å². The summed E-state index contributed by atoms with van der Waals surface area (Å²) >= 11 is 0. The average Bonchev–Trinajstić information content (AvgIpc) is 2.79. The highest BCUT2D eigenvalue weighted by atomic mass is 31.2. The molecule has 92 valence electrons. The van der Waals surface area contributed by atoms with Crippen molar-refractivity contribution >= 4 is 13.4 Å². The van der Waals surface area contributed by atoms with Gasteiger partial charge in [0.2, 0.25) is 0 Å². The summed E-state index contributed by atoms with van der Waals surface area (Å²) in [7, 11) is -3.92. The maximum atomic E-state index is 11.9. The second kappa shape index (κ2) is 5.02. The van der Waals surface area contributed by atoms with E-state index in [0.29, 0.717) is 5.70 Å². The van der Waals surface area contributed by atoms with Crippen molar-refractivity contribution in [1.82, 2.24) is 4.83 Å². The third-order valence-corrected chi connectivity index (χ3v) is 3.66. The largest absolute Gasteiger partial charge is 0.456 e. The van der Waals surface area contributed by atoms with Gasteiger partial charge in [0.25, 0.3) is 0 Å². The van der Waals surface area contributed by atoms with Crippen molar-refractivity contribution in [2.24, 2.45) is 0 Å². The molecule has 1 unspecified atom stereocenters. The number of rotatable bonds is 4. The van der Waals surface area contributed by atoms with Crippen LogP contribution in [0.3, 0.4) is 0 Å². The van der Waals surface area contributed by atoms with E-state index in [0.717, 1.165) is 10.4 Å². The quantitative estimate of drug-likeness (QED) is 0.837. The second-order valence-corrected chi connectivity index (χ2v) is 5.04. The van der Waals surface area contributed by atoms with Gasteiger partial charge in [0, 0.05) is 5.56 Å². The number of hydrogen-bond acceptors (Lipinski definition) is 3. The predicted octanol–water partition coefficient (Wildman–Crippen LogP) is 2.41. The van der Waals surface area contributed by atoms with Gasteiger partial charge in [0.05, 0.1) is 18.9 Å². The normalized spacial score (nSPS) is 18.9. The molecule has 0 bridgehead atoms. The summed E-state index contributed by atoms with van der Waals surface area (Å²) < 4.78 is 16.7. The molecule has 1 aliphatic heterocycles. The van der Waals surface area contributed by atoms with Crippen LogP contribution in [0.2, 0.25) is 0 Å². The highest BCUT2D eigenvalue weighted by Crippen LogP contribution is 2.52. The van der Waals surface area contributed by atoms with Gasteiger partial charge >= 0.3 is 7.75 Å². The monoisotopic (exact) mass is 255 g/mol. The van der Waals surface area contributed by atoms with Crippen LogP contribution in [0.15, 0.2) is 36.4 Å². The lowest BCUT2D eigenvalue weighted by Gasteiger charge is -2.24. The minimum atomic E-state index is -3.92. The lowest BCUT2D eigenvalue weighted by Crippen LogP contribution is -2.16.